The number of halogens is 4. The van der Waals surface area contributed by atoms with Crippen molar-refractivity contribution in [3.8, 4) is 22.3 Å². The molecule has 0 aliphatic heterocycles. The van der Waals surface area contributed by atoms with E-state index in [-0.39, 0.29) is 16.7 Å². The van der Waals surface area contributed by atoms with E-state index in [9.17, 15) is 17.6 Å². The fraction of sp³-hybridized carbons (Fsp3) is 0.100. The molecule has 0 unspecified atom stereocenters. The average molecular weight is 330 g/mol. The Morgan fingerprint density at radius 3 is 2.00 bits per heavy atom. The molecule has 0 atom stereocenters. The molecule has 3 aromatic carbocycles. The maximum atomic E-state index is 14.4. The van der Waals surface area contributed by atoms with E-state index in [1.165, 1.54) is 31.2 Å². The van der Waals surface area contributed by atoms with Gasteiger partial charge in [0.1, 0.15) is 0 Å². The van der Waals surface area contributed by atoms with E-state index in [4.69, 9.17) is 0 Å². The van der Waals surface area contributed by atoms with E-state index in [0.717, 1.165) is 11.6 Å². The highest BCUT2D eigenvalue weighted by Crippen LogP contribution is 2.37. The van der Waals surface area contributed by atoms with Gasteiger partial charge in [-0.05, 0) is 36.6 Å². The van der Waals surface area contributed by atoms with Crippen molar-refractivity contribution in [1.29, 1.82) is 0 Å². The molecule has 3 rings (SSSR count). The summed E-state index contributed by atoms with van der Waals surface area (Å²) in [6.07, 6.45) is 0. The second-order valence-corrected chi connectivity index (χ2v) is 5.71. The normalized spacial score (nSPS) is 10.9. The van der Waals surface area contributed by atoms with Gasteiger partial charge >= 0.3 is 0 Å². The van der Waals surface area contributed by atoms with Crippen molar-refractivity contribution in [3.63, 3.8) is 0 Å². The van der Waals surface area contributed by atoms with Gasteiger partial charge in [-0.15, -0.1) is 0 Å². The zero-order valence-electron chi connectivity index (χ0n) is 13.1. The van der Waals surface area contributed by atoms with Crippen LogP contribution in [0.25, 0.3) is 22.3 Å². The Morgan fingerprint density at radius 2 is 1.25 bits per heavy atom. The van der Waals surface area contributed by atoms with Crippen molar-refractivity contribution < 1.29 is 17.6 Å². The van der Waals surface area contributed by atoms with E-state index in [0.29, 0.717) is 11.1 Å². The van der Waals surface area contributed by atoms with Crippen LogP contribution in [-0.4, -0.2) is 0 Å². The Hall–Kier alpha value is -2.62. The minimum atomic E-state index is -1.02. The van der Waals surface area contributed by atoms with Gasteiger partial charge in [-0.25, -0.2) is 17.6 Å². The van der Waals surface area contributed by atoms with E-state index < -0.39 is 23.3 Å². The van der Waals surface area contributed by atoms with Crippen LogP contribution < -0.4 is 0 Å². The van der Waals surface area contributed by atoms with Gasteiger partial charge < -0.3 is 0 Å². The molecule has 0 saturated carbocycles. The molecule has 0 bridgehead atoms. The van der Waals surface area contributed by atoms with Crippen LogP contribution in [0, 0.1) is 37.1 Å². The molecular formula is C20H14F4. The van der Waals surface area contributed by atoms with Gasteiger partial charge in [-0.1, -0.05) is 48.0 Å². The summed E-state index contributed by atoms with van der Waals surface area (Å²) in [7, 11) is 0. The summed E-state index contributed by atoms with van der Waals surface area (Å²) in [5.41, 5.74) is 1.62. The Kier molecular flexibility index (Phi) is 4.14. The highest BCUT2D eigenvalue weighted by Gasteiger charge is 2.19. The average Bonchev–Trinajstić information content (AvgIpc) is 2.56. The van der Waals surface area contributed by atoms with Gasteiger partial charge in [0.15, 0.2) is 23.3 Å². The molecule has 122 valence electrons. The van der Waals surface area contributed by atoms with Crippen molar-refractivity contribution in [1.82, 2.24) is 0 Å². The number of benzene rings is 3. The summed E-state index contributed by atoms with van der Waals surface area (Å²) in [5, 5.41) is 0. The molecule has 4 heteroatoms. The molecule has 0 N–H and O–H groups in total. The molecule has 3 aromatic rings. The minimum Gasteiger partial charge on any atom is -0.204 e. The van der Waals surface area contributed by atoms with Crippen molar-refractivity contribution in [2.45, 2.75) is 13.8 Å². The maximum absolute atomic E-state index is 14.4. The lowest BCUT2D eigenvalue weighted by Gasteiger charge is -2.14. The Bertz CT molecular complexity index is 929. The van der Waals surface area contributed by atoms with E-state index in [2.05, 4.69) is 0 Å². The lowest BCUT2D eigenvalue weighted by molar-refractivity contribution is 0.505. The lowest BCUT2D eigenvalue weighted by atomic mass is 9.92. The third-order valence-electron chi connectivity index (χ3n) is 3.98. The summed E-state index contributed by atoms with van der Waals surface area (Å²) >= 11 is 0. The summed E-state index contributed by atoms with van der Waals surface area (Å²) in [6, 6.07) is 11.6. The molecule has 0 aliphatic carbocycles. The molecule has 0 amide bonds. The highest BCUT2D eigenvalue weighted by atomic mass is 19.2. The van der Waals surface area contributed by atoms with Gasteiger partial charge in [-0.2, -0.15) is 0 Å². The van der Waals surface area contributed by atoms with Crippen LogP contribution in [0.4, 0.5) is 17.6 Å². The van der Waals surface area contributed by atoms with Gasteiger partial charge in [0, 0.05) is 11.1 Å². The predicted molar refractivity (Wildman–Crippen MR) is 86.6 cm³/mol. The quantitative estimate of drug-likeness (QED) is 0.491. The summed E-state index contributed by atoms with van der Waals surface area (Å²) in [6.45, 7) is 3.25. The molecule has 24 heavy (non-hydrogen) atoms. The molecule has 0 radical (unpaired) electrons. The van der Waals surface area contributed by atoms with Gasteiger partial charge in [0.25, 0.3) is 0 Å². The molecule has 0 aromatic heterocycles. The van der Waals surface area contributed by atoms with Crippen LogP contribution >= 0.6 is 0 Å². The second-order valence-electron chi connectivity index (χ2n) is 5.71. The van der Waals surface area contributed by atoms with Crippen molar-refractivity contribution in [2.75, 3.05) is 0 Å². The Morgan fingerprint density at radius 1 is 0.583 bits per heavy atom. The molecule has 0 nitrogen and oxygen atoms in total. The number of hydrogen-bond acceptors (Lipinski definition) is 0. The first-order valence-corrected chi connectivity index (χ1v) is 7.40. The zero-order valence-corrected chi connectivity index (χ0v) is 13.1. The summed E-state index contributed by atoms with van der Waals surface area (Å²) < 4.78 is 56.1. The second kappa shape index (κ2) is 6.11. The van der Waals surface area contributed by atoms with Crippen LogP contribution in [0.3, 0.4) is 0 Å². The molecular weight excluding hydrogens is 316 g/mol. The van der Waals surface area contributed by atoms with Crippen LogP contribution in [0.1, 0.15) is 11.1 Å². The summed E-state index contributed by atoms with van der Waals surface area (Å²) in [4.78, 5) is 0. The van der Waals surface area contributed by atoms with E-state index >= 15 is 0 Å². The van der Waals surface area contributed by atoms with Crippen LogP contribution in [0.5, 0.6) is 0 Å². The smallest absolute Gasteiger partial charge is 0.166 e. The van der Waals surface area contributed by atoms with E-state index in [1.54, 1.807) is 25.1 Å². The summed E-state index contributed by atoms with van der Waals surface area (Å²) in [5.74, 6) is -3.96. The molecule has 0 fully saturated rings. The third kappa shape index (κ3) is 2.68. The minimum absolute atomic E-state index is 0.00841. The van der Waals surface area contributed by atoms with Crippen molar-refractivity contribution >= 4 is 0 Å². The van der Waals surface area contributed by atoms with Gasteiger partial charge in [0.2, 0.25) is 0 Å². The van der Waals surface area contributed by atoms with Crippen LogP contribution in [0.15, 0.2) is 48.5 Å². The lowest BCUT2D eigenvalue weighted by Crippen LogP contribution is -1.97. The maximum Gasteiger partial charge on any atom is 0.166 e. The zero-order chi connectivity index (χ0) is 17.4. The first kappa shape index (κ1) is 16.2. The molecule has 0 saturated heterocycles. The van der Waals surface area contributed by atoms with Gasteiger partial charge in [-0.3, -0.25) is 0 Å². The largest absolute Gasteiger partial charge is 0.204 e. The predicted octanol–water partition coefficient (Wildman–Crippen LogP) is 6.19. The highest BCUT2D eigenvalue weighted by molar-refractivity contribution is 5.84. The van der Waals surface area contributed by atoms with Gasteiger partial charge in [0.05, 0.1) is 0 Å². The molecule has 0 spiro atoms. The van der Waals surface area contributed by atoms with Crippen LogP contribution in [0.2, 0.25) is 0 Å². The van der Waals surface area contributed by atoms with Crippen LogP contribution in [-0.2, 0) is 0 Å². The SMILES string of the molecule is Cc1ccc(-c2ccc(C)c(F)c2F)c(-c2cccc(F)c2F)c1. The first-order valence-electron chi connectivity index (χ1n) is 7.40. The van der Waals surface area contributed by atoms with Crippen molar-refractivity contribution in [2.24, 2.45) is 0 Å². The monoisotopic (exact) mass is 330 g/mol. The fourth-order valence-corrected chi connectivity index (χ4v) is 2.68. The molecule has 0 heterocycles. The van der Waals surface area contributed by atoms with E-state index in [1.807, 2.05) is 0 Å². The topological polar surface area (TPSA) is 0 Å². The fourth-order valence-electron chi connectivity index (χ4n) is 2.68. The number of rotatable bonds is 2. The number of aryl methyl sites for hydroxylation is 2. The third-order valence-corrected chi connectivity index (χ3v) is 3.98. The Balaban J connectivity index is 2.32. The standard InChI is InChI=1S/C20H14F4/c1-11-6-8-13(15-9-7-12(2)18(22)20(15)24)16(10-11)14-4-3-5-17(21)19(14)23/h3-10H,1-2H3. The van der Waals surface area contributed by atoms with Crippen molar-refractivity contribution in [3.05, 3.63) is 82.9 Å². The first-order chi connectivity index (χ1) is 11.4. The Labute approximate surface area is 137 Å². The molecule has 0 aliphatic rings. The number of hydrogen-bond donors (Lipinski definition) is 0.